The molecule has 0 unspecified atom stereocenters. The largest absolute Gasteiger partial charge is 0.331 e. The van der Waals surface area contributed by atoms with Crippen molar-refractivity contribution in [2.75, 3.05) is 13.6 Å². The highest BCUT2D eigenvalue weighted by molar-refractivity contribution is 7.90. The van der Waals surface area contributed by atoms with Crippen LogP contribution >= 0.6 is 0 Å². The van der Waals surface area contributed by atoms with E-state index in [0.29, 0.717) is 13.0 Å². The number of hydrogen-bond donors (Lipinski definition) is 1. The maximum Gasteiger partial charge on any atom is 0.331 e. The van der Waals surface area contributed by atoms with E-state index in [1.54, 1.807) is 19.2 Å². The van der Waals surface area contributed by atoms with Gasteiger partial charge in [-0.1, -0.05) is 48.0 Å². The van der Waals surface area contributed by atoms with Gasteiger partial charge in [-0.25, -0.2) is 17.9 Å². The van der Waals surface area contributed by atoms with Crippen molar-refractivity contribution in [3.05, 3.63) is 65.7 Å². The first-order valence-corrected chi connectivity index (χ1v) is 8.75. The van der Waals surface area contributed by atoms with E-state index >= 15 is 0 Å². The van der Waals surface area contributed by atoms with Gasteiger partial charge in [-0.2, -0.15) is 0 Å². The second-order valence-corrected chi connectivity index (χ2v) is 7.06. The Hall–Kier alpha value is -2.34. The predicted molar refractivity (Wildman–Crippen MR) is 89.7 cm³/mol. The van der Waals surface area contributed by atoms with Crippen LogP contribution in [-0.4, -0.2) is 32.9 Å². The Morgan fingerprint density at radius 1 is 1.04 bits per heavy atom. The number of benzene rings is 2. The standard InChI is InChI=1S/C17H20N2O3S/c1-14-8-10-16(11-9-14)23(21,22)18-17(20)19(2)13-12-15-6-4-3-5-7-15/h3-11H,12-13H2,1-2H3,(H,18,20). The minimum atomic E-state index is -3.85. The van der Waals surface area contributed by atoms with Crippen LogP contribution in [0.1, 0.15) is 11.1 Å². The van der Waals surface area contributed by atoms with Crippen LogP contribution in [-0.2, 0) is 16.4 Å². The molecule has 0 saturated carbocycles. The number of hydrogen-bond acceptors (Lipinski definition) is 3. The first-order chi connectivity index (χ1) is 10.9. The van der Waals surface area contributed by atoms with Crippen molar-refractivity contribution in [3.8, 4) is 0 Å². The second-order valence-electron chi connectivity index (χ2n) is 5.38. The molecule has 1 N–H and O–H groups in total. The summed E-state index contributed by atoms with van der Waals surface area (Å²) < 4.78 is 26.4. The molecule has 0 aromatic heterocycles. The highest BCUT2D eigenvalue weighted by atomic mass is 32.2. The molecule has 0 bridgehead atoms. The van der Waals surface area contributed by atoms with Gasteiger partial charge in [0.1, 0.15) is 0 Å². The fourth-order valence-corrected chi connectivity index (χ4v) is 3.01. The van der Waals surface area contributed by atoms with Crippen LogP contribution in [0, 0.1) is 6.92 Å². The number of urea groups is 1. The quantitative estimate of drug-likeness (QED) is 0.915. The van der Waals surface area contributed by atoms with Gasteiger partial charge in [0.2, 0.25) is 0 Å². The van der Waals surface area contributed by atoms with Gasteiger partial charge in [-0.15, -0.1) is 0 Å². The van der Waals surface area contributed by atoms with Crippen LogP contribution in [0.15, 0.2) is 59.5 Å². The number of sulfonamides is 1. The summed E-state index contributed by atoms with van der Waals surface area (Å²) in [5.74, 6) is 0. The Labute approximate surface area is 137 Å². The molecule has 2 aromatic rings. The normalized spacial score (nSPS) is 11.0. The lowest BCUT2D eigenvalue weighted by Gasteiger charge is -2.18. The van der Waals surface area contributed by atoms with Gasteiger partial charge in [0, 0.05) is 13.6 Å². The van der Waals surface area contributed by atoms with Crippen molar-refractivity contribution in [2.24, 2.45) is 0 Å². The number of aryl methyl sites for hydroxylation is 1. The Kier molecular flexibility index (Phi) is 5.39. The van der Waals surface area contributed by atoms with Gasteiger partial charge >= 0.3 is 6.03 Å². The summed E-state index contributed by atoms with van der Waals surface area (Å²) in [5.41, 5.74) is 2.05. The summed E-state index contributed by atoms with van der Waals surface area (Å²) in [6.07, 6.45) is 0.662. The van der Waals surface area contributed by atoms with Crippen LogP contribution in [0.4, 0.5) is 4.79 Å². The minimum absolute atomic E-state index is 0.0768. The summed E-state index contributed by atoms with van der Waals surface area (Å²) in [6, 6.07) is 15.4. The van der Waals surface area contributed by atoms with Gasteiger partial charge in [-0.3, -0.25) is 0 Å². The molecule has 122 valence electrons. The van der Waals surface area contributed by atoms with Crippen LogP contribution in [0.25, 0.3) is 0 Å². The average Bonchev–Trinajstić information content (AvgIpc) is 2.53. The minimum Gasteiger partial charge on any atom is -0.327 e. The second kappa shape index (κ2) is 7.28. The van der Waals surface area contributed by atoms with Crippen LogP contribution in [0.2, 0.25) is 0 Å². The molecule has 0 heterocycles. The molecule has 0 radical (unpaired) electrons. The average molecular weight is 332 g/mol. The lowest BCUT2D eigenvalue weighted by molar-refractivity contribution is 0.215. The summed E-state index contributed by atoms with van der Waals surface area (Å²) in [5, 5.41) is 0. The molecule has 0 spiro atoms. The van der Waals surface area contributed by atoms with Gasteiger partial charge < -0.3 is 4.90 Å². The third-order valence-electron chi connectivity index (χ3n) is 3.48. The highest BCUT2D eigenvalue weighted by Gasteiger charge is 2.19. The van der Waals surface area contributed by atoms with Crippen molar-refractivity contribution < 1.29 is 13.2 Å². The van der Waals surface area contributed by atoms with E-state index in [1.807, 2.05) is 37.3 Å². The number of carbonyl (C=O) groups is 1. The molecule has 0 fully saturated rings. The molecule has 0 aliphatic heterocycles. The molecule has 0 aliphatic rings. The van der Waals surface area contributed by atoms with Crippen LogP contribution in [0.3, 0.4) is 0 Å². The molecule has 2 aromatic carbocycles. The van der Waals surface area contributed by atoms with E-state index in [9.17, 15) is 13.2 Å². The molecule has 0 atom stereocenters. The van der Waals surface area contributed by atoms with Crippen molar-refractivity contribution >= 4 is 16.1 Å². The lowest BCUT2D eigenvalue weighted by atomic mass is 10.1. The molecule has 0 saturated heterocycles. The molecule has 2 rings (SSSR count). The third kappa shape index (κ3) is 4.82. The number of nitrogens with one attached hydrogen (secondary N) is 1. The number of rotatable bonds is 5. The molecule has 2 amide bonds. The van der Waals surface area contributed by atoms with E-state index in [2.05, 4.69) is 4.72 Å². The fraction of sp³-hybridized carbons (Fsp3) is 0.235. The van der Waals surface area contributed by atoms with Crippen molar-refractivity contribution in [2.45, 2.75) is 18.2 Å². The molecule has 0 aliphatic carbocycles. The van der Waals surface area contributed by atoms with E-state index in [-0.39, 0.29) is 4.90 Å². The zero-order chi connectivity index (χ0) is 16.9. The van der Waals surface area contributed by atoms with E-state index in [4.69, 9.17) is 0 Å². The summed E-state index contributed by atoms with van der Waals surface area (Å²) in [7, 11) is -2.27. The SMILES string of the molecule is Cc1ccc(S(=O)(=O)NC(=O)N(C)CCc2ccccc2)cc1. The number of amides is 2. The summed E-state index contributed by atoms with van der Waals surface area (Å²) in [6.45, 7) is 2.30. The van der Waals surface area contributed by atoms with Gasteiger partial charge in [0.15, 0.2) is 0 Å². The van der Waals surface area contributed by atoms with Crippen molar-refractivity contribution in [3.63, 3.8) is 0 Å². The predicted octanol–water partition coefficient (Wildman–Crippen LogP) is 2.57. The molecular weight excluding hydrogens is 312 g/mol. The Bertz CT molecular complexity index is 756. The third-order valence-corrected chi connectivity index (χ3v) is 4.81. The highest BCUT2D eigenvalue weighted by Crippen LogP contribution is 2.10. The molecule has 23 heavy (non-hydrogen) atoms. The van der Waals surface area contributed by atoms with Crippen LogP contribution < -0.4 is 4.72 Å². The zero-order valence-electron chi connectivity index (χ0n) is 13.2. The number of nitrogens with zero attached hydrogens (tertiary/aromatic N) is 1. The van der Waals surface area contributed by atoms with Gasteiger partial charge in [0.05, 0.1) is 4.90 Å². The van der Waals surface area contributed by atoms with Crippen molar-refractivity contribution in [1.82, 2.24) is 9.62 Å². The number of likely N-dealkylation sites (N-methyl/N-ethyl adjacent to an activating group) is 1. The molecule has 6 heteroatoms. The van der Waals surface area contributed by atoms with E-state index < -0.39 is 16.1 Å². The Morgan fingerprint density at radius 3 is 2.26 bits per heavy atom. The smallest absolute Gasteiger partial charge is 0.327 e. The number of carbonyl (C=O) groups excluding carboxylic acids is 1. The Balaban J connectivity index is 1.96. The monoisotopic (exact) mass is 332 g/mol. The first-order valence-electron chi connectivity index (χ1n) is 7.27. The molecular formula is C17H20N2O3S. The summed E-state index contributed by atoms with van der Waals surface area (Å²) >= 11 is 0. The topological polar surface area (TPSA) is 66.5 Å². The van der Waals surface area contributed by atoms with Gasteiger partial charge in [-0.05, 0) is 31.0 Å². The van der Waals surface area contributed by atoms with Crippen LogP contribution in [0.5, 0.6) is 0 Å². The fourth-order valence-electron chi connectivity index (χ4n) is 2.01. The zero-order valence-corrected chi connectivity index (χ0v) is 14.0. The lowest BCUT2D eigenvalue weighted by Crippen LogP contribution is -2.41. The summed E-state index contributed by atoms with van der Waals surface area (Å²) in [4.78, 5) is 13.5. The van der Waals surface area contributed by atoms with Gasteiger partial charge in [0.25, 0.3) is 10.0 Å². The molecule has 5 nitrogen and oxygen atoms in total. The maximum atomic E-state index is 12.2. The van der Waals surface area contributed by atoms with E-state index in [0.717, 1.165) is 11.1 Å². The Morgan fingerprint density at radius 2 is 1.65 bits per heavy atom. The van der Waals surface area contributed by atoms with E-state index in [1.165, 1.54) is 17.0 Å². The van der Waals surface area contributed by atoms with Crippen molar-refractivity contribution in [1.29, 1.82) is 0 Å². The first kappa shape index (κ1) is 17.0. The maximum absolute atomic E-state index is 12.2.